The highest BCUT2D eigenvalue weighted by Crippen LogP contribution is 2.64. The van der Waals surface area contributed by atoms with Crippen molar-refractivity contribution in [2.24, 2.45) is 28.6 Å². The molecule has 9 heteroatoms. The maximum Gasteiger partial charge on any atom is 0.167 e. The lowest BCUT2D eigenvalue weighted by Crippen LogP contribution is -2.57. The predicted molar refractivity (Wildman–Crippen MR) is 138 cm³/mol. The van der Waals surface area contributed by atoms with Gasteiger partial charge in [-0.1, -0.05) is 20.8 Å². The van der Waals surface area contributed by atoms with Gasteiger partial charge in [-0.2, -0.15) is 4.80 Å². The third kappa shape index (κ3) is 3.10. The van der Waals surface area contributed by atoms with Gasteiger partial charge in [0, 0.05) is 11.3 Å². The zero-order valence-corrected chi connectivity index (χ0v) is 22.3. The fourth-order valence-electron chi connectivity index (χ4n) is 9.00. The van der Waals surface area contributed by atoms with Gasteiger partial charge in [-0.25, -0.2) is 14.5 Å². The third-order valence-electron chi connectivity index (χ3n) is 10.1. The monoisotopic (exact) mass is 502 g/mol. The van der Waals surface area contributed by atoms with Crippen LogP contribution in [0.2, 0.25) is 0 Å². The zero-order chi connectivity index (χ0) is 24.3. The fourth-order valence-corrected chi connectivity index (χ4v) is 10.3. The number of nitrogens with zero attached hydrogens (tertiary/aromatic N) is 8. The van der Waals surface area contributed by atoms with E-state index in [0.717, 1.165) is 59.7 Å². The number of hydrogen-bond acceptors (Lipinski definition) is 7. The molecule has 188 valence electrons. The van der Waals surface area contributed by atoms with E-state index >= 15 is 0 Å². The van der Waals surface area contributed by atoms with Crippen LogP contribution in [0.1, 0.15) is 82.0 Å². The Labute approximate surface area is 214 Å². The van der Waals surface area contributed by atoms with Gasteiger partial charge in [-0.05, 0) is 97.1 Å². The molecule has 4 aromatic heterocycles. The Hall–Kier alpha value is -2.42. The maximum absolute atomic E-state index is 5.22. The first-order valence-electron chi connectivity index (χ1n) is 13.7. The number of hydrogen-bond donors (Lipinski definition) is 0. The maximum atomic E-state index is 5.22. The molecule has 0 radical (unpaired) electrons. The summed E-state index contributed by atoms with van der Waals surface area (Å²) in [5.41, 5.74) is 3.11. The van der Waals surface area contributed by atoms with Crippen LogP contribution in [0.5, 0.6) is 0 Å². The van der Waals surface area contributed by atoms with Crippen molar-refractivity contribution < 1.29 is 0 Å². The Kier molecular flexibility index (Phi) is 4.28. The van der Waals surface area contributed by atoms with Crippen molar-refractivity contribution in [2.75, 3.05) is 0 Å². The number of rotatable bonds is 3. The van der Waals surface area contributed by atoms with Gasteiger partial charge >= 0.3 is 0 Å². The predicted octanol–water partition coefficient (Wildman–Crippen LogP) is 5.01. The molecule has 4 heterocycles. The van der Waals surface area contributed by atoms with Gasteiger partial charge in [-0.15, -0.1) is 26.6 Å². The standard InChI is InChI=1S/C27H34N8S/c1-25(2,3)18-4-5-19-20(7-18)36-24-22(19)23-31-21(32-34(23)15-28-24)12-26-8-16-6-17(9-26)11-27(10-16,13-26)35-30-14-29-33-35/h14-18H,4-13H2,1-3H3/t16-,17-,18+,26?,27?/m0/s1. The second-order valence-corrected chi connectivity index (χ2v) is 14.7. The minimum absolute atomic E-state index is 0.0323. The topological polar surface area (TPSA) is 86.7 Å². The minimum atomic E-state index is 0.0323. The van der Waals surface area contributed by atoms with Crippen LogP contribution in [0.4, 0.5) is 0 Å². The second kappa shape index (κ2) is 7.11. The lowest BCUT2D eigenvalue weighted by molar-refractivity contribution is -0.112. The number of aryl methyl sites for hydroxylation is 1. The normalized spacial score (nSPS) is 33.6. The number of tetrazole rings is 1. The molecule has 36 heavy (non-hydrogen) atoms. The van der Waals surface area contributed by atoms with Crippen molar-refractivity contribution in [2.45, 2.75) is 90.5 Å². The quantitative estimate of drug-likeness (QED) is 0.391. The summed E-state index contributed by atoms with van der Waals surface area (Å²) in [6, 6.07) is 0. The molecule has 0 aliphatic heterocycles. The Morgan fingerprint density at radius 2 is 1.97 bits per heavy atom. The van der Waals surface area contributed by atoms with Gasteiger partial charge in [0.2, 0.25) is 0 Å². The van der Waals surface area contributed by atoms with Crippen molar-refractivity contribution in [3.05, 3.63) is 28.9 Å². The van der Waals surface area contributed by atoms with Crippen LogP contribution in [-0.2, 0) is 24.8 Å². The van der Waals surface area contributed by atoms with Crippen LogP contribution in [0, 0.1) is 28.6 Å². The average Bonchev–Trinajstić information content (AvgIpc) is 3.54. The second-order valence-electron chi connectivity index (χ2n) is 13.6. The van der Waals surface area contributed by atoms with E-state index in [2.05, 4.69) is 36.2 Å². The SMILES string of the molecule is CC(C)(C)[C@@H]1CCc2c(sc3ncn4nc(CC56C[C@@H]7C[C@@H](C5)CC(n5ncnn5)(C7)C6)nc4c23)C1. The summed E-state index contributed by atoms with van der Waals surface area (Å²) < 4.78 is 1.95. The lowest BCUT2D eigenvalue weighted by Gasteiger charge is -2.61. The Morgan fingerprint density at radius 3 is 2.72 bits per heavy atom. The highest BCUT2D eigenvalue weighted by Gasteiger charge is 2.59. The van der Waals surface area contributed by atoms with Crippen LogP contribution in [-0.4, -0.2) is 39.8 Å². The molecule has 4 bridgehead atoms. The molecule has 0 spiro atoms. The Morgan fingerprint density at radius 1 is 1.14 bits per heavy atom. The van der Waals surface area contributed by atoms with E-state index in [-0.39, 0.29) is 11.0 Å². The van der Waals surface area contributed by atoms with Gasteiger partial charge in [0.1, 0.15) is 11.2 Å². The minimum Gasteiger partial charge on any atom is -0.225 e. The average molecular weight is 503 g/mol. The number of fused-ring (bicyclic) bond motifs is 5. The smallest absolute Gasteiger partial charge is 0.167 e. The van der Waals surface area contributed by atoms with Crippen LogP contribution in [0.15, 0.2) is 12.7 Å². The van der Waals surface area contributed by atoms with Gasteiger partial charge in [0.25, 0.3) is 0 Å². The molecule has 0 aromatic carbocycles. The molecule has 0 saturated heterocycles. The first-order chi connectivity index (χ1) is 17.3. The van der Waals surface area contributed by atoms with E-state index in [1.54, 1.807) is 6.33 Å². The van der Waals surface area contributed by atoms with Crippen LogP contribution >= 0.6 is 11.3 Å². The zero-order valence-electron chi connectivity index (χ0n) is 21.4. The first-order valence-corrected chi connectivity index (χ1v) is 14.5. The molecule has 5 aliphatic rings. The Bertz CT molecular complexity index is 1460. The third-order valence-corrected chi connectivity index (χ3v) is 11.3. The van der Waals surface area contributed by atoms with E-state index < -0.39 is 0 Å². The fraction of sp³-hybridized carbons (Fsp3) is 0.704. The molecule has 9 rings (SSSR count). The Balaban J connectivity index is 1.16. The van der Waals surface area contributed by atoms with Crippen LogP contribution < -0.4 is 0 Å². The number of thiophene rings is 1. The summed E-state index contributed by atoms with van der Waals surface area (Å²) >= 11 is 1.88. The molecule has 8 nitrogen and oxygen atoms in total. The summed E-state index contributed by atoms with van der Waals surface area (Å²) in [5, 5.41) is 19.2. The molecule has 0 unspecified atom stereocenters. The van der Waals surface area contributed by atoms with Crippen LogP contribution in [0.3, 0.4) is 0 Å². The highest BCUT2D eigenvalue weighted by molar-refractivity contribution is 7.19. The summed E-state index contributed by atoms with van der Waals surface area (Å²) in [6.45, 7) is 7.14. The van der Waals surface area contributed by atoms with Gasteiger partial charge in [0.15, 0.2) is 17.8 Å². The summed E-state index contributed by atoms with van der Waals surface area (Å²) in [7, 11) is 0. The van der Waals surface area contributed by atoms with E-state index in [1.165, 1.54) is 54.4 Å². The van der Waals surface area contributed by atoms with Crippen molar-refractivity contribution >= 4 is 27.2 Å². The van der Waals surface area contributed by atoms with Crippen molar-refractivity contribution in [3.63, 3.8) is 0 Å². The molecule has 3 atom stereocenters. The highest BCUT2D eigenvalue weighted by atomic mass is 32.1. The molecule has 4 fully saturated rings. The summed E-state index contributed by atoms with van der Waals surface area (Å²) in [6.07, 6.45) is 15.4. The van der Waals surface area contributed by atoms with Gasteiger partial charge in [-0.3, -0.25) is 0 Å². The molecule has 0 amide bonds. The molecule has 0 N–H and O–H groups in total. The molecule has 4 aromatic rings. The van der Waals surface area contributed by atoms with E-state index in [1.807, 2.05) is 27.0 Å². The molecule has 5 aliphatic carbocycles. The summed E-state index contributed by atoms with van der Waals surface area (Å²) in [4.78, 5) is 14.7. The summed E-state index contributed by atoms with van der Waals surface area (Å²) in [5.74, 6) is 3.21. The molecular formula is C27H34N8S. The largest absolute Gasteiger partial charge is 0.225 e. The van der Waals surface area contributed by atoms with Gasteiger partial charge in [0.05, 0.1) is 10.9 Å². The van der Waals surface area contributed by atoms with E-state index in [9.17, 15) is 0 Å². The van der Waals surface area contributed by atoms with Crippen LogP contribution in [0.25, 0.3) is 15.9 Å². The van der Waals surface area contributed by atoms with E-state index in [0.29, 0.717) is 5.41 Å². The first kappa shape index (κ1) is 21.6. The van der Waals surface area contributed by atoms with Crippen molar-refractivity contribution in [1.82, 2.24) is 39.8 Å². The lowest BCUT2D eigenvalue weighted by atomic mass is 9.46. The molecule has 4 saturated carbocycles. The van der Waals surface area contributed by atoms with Crippen molar-refractivity contribution in [1.29, 1.82) is 0 Å². The number of aromatic nitrogens is 8. The molecular weight excluding hydrogens is 468 g/mol. The van der Waals surface area contributed by atoms with Gasteiger partial charge < -0.3 is 0 Å². The van der Waals surface area contributed by atoms with E-state index in [4.69, 9.17) is 15.1 Å². The van der Waals surface area contributed by atoms with Crippen molar-refractivity contribution in [3.8, 4) is 0 Å².